The summed E-state index contributed by atoms with van der Waals surface area (Å²) in [6.07, 6.45) is 0. The SMILES string of the molecule is CC1=C(C)C(=C(Br)c2ccc(C)cc2)N(C)C1=O. The summed E-state index contributed by atoms with van der Waals surface area (Å²) >= 11 is 3.62. The highest BCUT2D eigenvalue weighted by Gasteiger charge is 2.29. The highest BCUT2D eigenvalue weighted by molar-refractivity contribution is 9.15. The number of aryl methyl sites for hydroxylation is 1. The summed E-state index contributed by atoms with van der Waals surface area (Å²) in [7, 11) is 1.81. The monoisotopic (exact) mass is 305 g/mol. The molecule has 1 aromatic carbocycles. The maximum atomic E-state index is 11.9. The molecule has 0 N–H and O–H groups in total. The first-order chi connectivity index (χ1) is 8.43. The molecule has 0 aromatic heterocycles. The Morgan fingerprint density at radius 2 is 1.61 bits per heavy atom. The van der Waals surface area contributed by atoms with Crippen LogP contribution in [0.5, 0.6) is 0 Å². The third-order valence-corrected chi connectivity index (χ3v) is 4.22. The Labute approximate surface area is 116 Å². The minimum Gasteiger partial charge on any atom is -0.310 e. The third-order valence-electron chi connectivity index (χ3n) is 3.39. The molecule has 0 radical (unpaired) electrons. The summed E-state index contributed by atoms with van der Waals surface area (Å²) < 4.78 is 0.965. The van der Waals surface area contributed by atoms with Crippen molar-refractivity contribution >= 4 is 26.3 Å². The lowest BCUT2D eigenvalue weighted by Gasteiger charge is -2.15. The van der Waals surface area contributed by atoms with Crippen molar-refractivity contribution in [2.75, 3.05) is 7.05 Å². The zero-order valence-electron chi connectivity index (χ0n) is 11.0. The van der Waals surface area contributed by atoms with E-state index >= 15 is 0 Å². The predicted octanol–water partition coefficient (Wildman–Crippen LogP) is 3.87. The van der Waals surface area contributed by atoms with Crippen molar-refractivity contribution in [1.82, 2.24) is 4.90 Å². The van der Waals surface area contributed by atoms with Crippen LogP contribution < -0.4 is 0 Å². The fraction of sp³-hybridized carbons (Fsp3) is 0.267. The van der Waals surface area contributed by atoms with Crippen molar-refractivity contribution in [3.8, 4) is 0 Å². The quantitative estimate of drug-likeness (QED) is 0.771. The number of allylic oxidation sites excluding steroid dienone is 1. The van der Waals surface area contributed by atoms with Crippen LogP contribution in [0.25, 0.3) is 4.48 Å². The van der Waals surface area contributed by atoms with Gasteiger partial charge in [0.2, 0.25) is 0 Å². The molecule has 1 amide bonds. The molecule has 0 atom stereocenters. The number of amides is 1. The van der Waals surface area contributed by atoms with E-state index in [4.69, 9.17) is 0 Å². The lowest BCUT2D eigenvalue weighted by molar-refractivity contribution is -0.123. The molecule has 1 aromatic rings. The summed E-state index contributed by atoms with van der Waals surface area (Å²) in [5.74, 6) is 0.0755. The van der Waals surface area contributed by atoms with E-state index in [1.807, 2.05) is 20.9 Å². The summed E-state index contributed by atoms with van der Waals surface area (Å²) in [5.41, 5.74) is 5.13. The van der Waals surface area contributed by atoms with Gasteiger partial charge >= 0.3 is 0 Å². The molecule has 0 fully saturated rings. The molecule has 2 nitrogen and oxygen atoms in total. The Morgan fingerprint density at radius 1 is 1.06 bits per heavy atom. The molecule has 94 valence electrons. The van der Waals surface area contributed by atoms with Gasteiger partial charge < -0.3 is 4.90 Å². The van der Waals surface area contributed by atoms with Gasteiger partial charge in [-0.15, -0.1) is 0 Å². The van der Waals surface area contributed by atoms with Gasteiger partial charge in [-0.05, 0) is 47.8 Å². The van der Waals surface area contributed by atoms with E-state index in [1.54, 1.807) is 4.90 Å². The van der Waals surface area contributed by atoms with E-state index in [-0.39, 0.29) is 5.91 Å². The number of rotatable bonds is 1. The average molecular weight is 306 g/mol. The molecule has 0 unspecified atom stereocenters. The summed E-state index contributed by atoms with van der Waals surface area (Å²) in [6, 6.07) is 8.26. The third kappa shape index (κ3) is 2.03. The van der Waals surface area contributed by atoms with Crippen LogP contribution in [0.2, 0.25) is 0 Å². The van der Waals surface area contributed by atoms with Crippen molar-refractivity contribution in [1.29, 1.82) is 0 Å². The molecule has 18 heavy (non-hydrogen) atoms. The van der Waals surface area contributed by atoms with Crippen LogP contribution in [0.15, 0.2) is 41.1 Å². The van der Waals surface area contributed by atoms with Crippen LogP contribution >= 0.6 is 15.9 Å². The maximum absolute atomic E-state index is 11.9. The zero-order chi connectivity index (χ0) is 13.4. The molecule has 0 bridgehead atoms. The van der Waals surface area contributed by atoms with Gasteiger partial charge in [-0.25, -0.2) is 0 Å². The molecule has 0 aliphatic carbocycles. The molecular weight excluding hydrogens is 290 g/mol. The molecule has 3 heteroatoms. The summed E-state index contributed by atoms with van der Waals surface area (Å²) in [4.78, 5) is 13.6. The van der Waals surface area contributed by atoms with Crippen LogP contribution in [-0.2, 0) is 4.79 Å². The first-order valence-corrected chi connectivity index (χ1v) is 6.65. The normalized spacial score (nSPS) is 18.7. The molecule has 1 aliphatic rings. The second-order valence-corrected chi connectivity index (χ2v) is 5.44. The van der Waals surface area contributed by atoms with Gasteiger partial charge in [-0.1, -0.05) is 29.8 Å². The van der Waals surface area contributed by atoms with E-state index in [1.165, 1.54) is 5.56 Å². The Kier molecular flexibility index (Phi) is 3.44. The average Bonchev–Trinajstić information content (AvgIpc) is 2.54. The van der Waals surface area contributed by atoms with Crippen molar-refractivity contribution in [3.05, 3.63) is 52.2 Å². The van der Waals surface area contributed by atoms with E-state index < -0.39 is 0 Å². The minimum absolute atomic E-state index is 0.0755. The second-order valence-electron chi connectivity index (χ2n) is 4.64. The highest BCUT2D eigenvalue weighted by Crippen LogP contribution is 2.36. The van der Waals surface area contributed by atoms with Gasteiger partial charge in [0.15, 0.2) is 0 Å². The molecule has 0 saturated heterocycles. The van der Waals surface area contributed by atoms with Crippen molar-refractivity contribution in [3.63, 3.8) is 0 Å². The number of carbonyl (C=O) groups is 1. The first-order valence-electron chi connectivity index (χ1n) is 5.86. The minimum atomic E-state index is 0.0755. The topological polar surface area (TPSA) is 20.3 Å². The van der Waals surface area contributed by atoms with E-state index in [2.05, 4.69) is 47.1 Å². The van der Waals surface area contributed by atoms with E-state index in [9.17, 15) is 4.79 Å². The molecule has 0 spiro atoms. The lowest BCUT2D eigenvalue weighted by Crippen LogP contribution is -2.20. The number of benzene rings is 1. The Balaban J connectivity index is 2.55. The van der Waals surface area contributed by atoms with Crippen molar-refractivity contribution in [2.24, 2.45) is 0 Å². The second kappa shape index (κ2) is 4.73. The Morgan fingerprint density at radius 3 is 2.06 bits per heavy atom. The summed E-state index contributed by atoms with van der Waals surface area (Å²) in [5, 5.41) is 0. The number of hydrogen-bond donors (Lipinski definition) is 0. The van der Waals surface area contributed by atoms with Gasteiger partial charge in [0.25, 0.3) is 5.91 Å². The number of likely N-dealkylation sites (N-methyl/N-ethyl adjacent to an activating group) is 1. The number of hydrogen-bond acceptors (Lipinski definition) is 1. The predicted molar refractivity (Wildman–Crippen MR) is 78.2 cm³/mol. The maximum Gasteiger partial charge on any atom is 0.254 e. The van der Waals surface area contributed by atoms with Crippen LogP contribution in [-0.4, -0.2) is 17.9 Å². The lowest BCUT2D eigenvalue weighted by atomic mass is 10.1. The zero-order valence-corrected chi connectivity index (χ0v) is 12.6. The largest absolute Gasteiger partial charge is 0.310 e. The Hall–Kier alpha value is -1.35. The first kappa shape index (κ1) is 13.1. The summed E-state index contributed by atoms with van der Waals surface area (Å²) in [6.45, 7) is 5.92. The standard InChI is InChI=1S/C15H16BrNO/c1-9-5-7-12(8-6-9)13(16)14-10(2)11(3)15(18)17(14)4/h5-8H,1-4H3. The van der Waals surface area contributed by atoms with Gasteiger partial charge in [0.05, 0.1) is 5.70 Å². The fourth-order valence-corrected chi connectivity index (χ4v) is 2.92. The van der Waals surface area contributed by atoms with Crippen LogP contribution in [0.1, 0.15) is 25.0 Å². The number of nitrogens with zero attached hydrogens (tertiary/aromatic N) is 1. The smallest absolute Gasteiger partial charge is 0.254 e. The van der Waals surface area contributed by atoms with Crippen molar-refractivity contribution in [2.45, 2.75) is 20.8 Å². The number of carbonyl (C=O) groups excluding carboxylic acids is 1. The Bertz CT molecular complexity index is 567. The van der Waals surface area contributed by atoms with E-state index in [0.717, 1.165) is 26.9 Å². The molecule has 1 aliphatic heterocycles. The fourth-order valence-electron chi connectivity index (χ4n) is 2.09. The molecule has 0 saturated carbocycles. The van der Waals surface area contributed by atoms with E-state index in [0.29, 0.717) is 0 Å². The molecule has 2 rings (SSSR count). The van der Waals surface area contributed by atoms with Crippen LogP contribution in [0.4, 0.5) is 0 Å². The molecule has 1 heterocycles. The van der Waals surface area contributed by atoms with Gasteiger partial charge in [-0.2, -0.15) is 0 Å². The van der Waals surface area contributed by atoms with Gasteiger partial charge in [-0.3, -0.25) is 4.79 Å². The van der Waals surface area contributed by atoms with Gasteiger partial charge in [0.1, 0.15) is 0 Å². The van der Waals surface area contributed by atoms with Crippen molar-refractivity contribution < 1.29 is 4.79 Å². The number of halogens is 1. The van der Waals surface area contributed by atoms with Crippen LogP contribution in [0, 0.1) is 6.92 Å². The highest BCUT2D eigenvalue weighted by atomic mass is 79.9. The van der Waals surface area contributed by atoms with Gasteiger partial charge in [0, 0.05) is 17.1 Å². The van der Waals surface area contributed by atoms with Crippen LogP contribution in [0.3, 0.4) is 0 Å². The molecular formula is C15H16BrNO.